The molecule has 2 aromatic carbocycles. The Balaban J connectivity index is 2.47. The Morgan fingerprint density at radius 1 is 0.824 bits per heavy atom. The molecule has 0 fully saturated rings. The second kappa shape index (κ2) is 5.10. The molecule has 2 rings (SSSR count). The van der Waals surface area contributed by atoms with Crippen LogP contribution in [0.3, 0.4) is 0 Å². The van der Waals surface area contributed by atoms with Gasteiger partial charge in [0.15, 0.2) is 0 Å². The maximum Gasteiger partial charge on any atom is 0.141 e. The second-order valence-electron chi connectivity index (χ2n) is 3.87. The van der Waals surface area contributed by atoms with Crippen LogP contribution >= 0.6 is 0 Å². The lowest BCUT2D eigenvalue weighted by Crippen LogP contribution is -2.32. The number of hydrogen-bond donors (Lipinski definition) is 2. The van der Waals surface area contributed by atoms with Crippen molar-refractivity contribution < 1.29 is 15.3 Å². The highest BCUT2D eigenvalue weighted by atomic mass is 17.1. The zero-order valence-corrected chi connectivity index (χ0v) is 9.28. The van der Waals surface area contributed by atoms with Gasteiger partial charge in [-0.25, -0.2) is 4.89 Å². The summed E-state index contributed by atoms with van der Waals surface area (Å²) in [6.45, 7) is -0.207. The molecule has 88 valence electrons. The van der Waals surface area contributed by atoms with Crippen molar-refractivity contribution in [3.8, 4) is 0 Å². The number of benzene rings is 2. The fourth-order valence-electron chi connectivity index (χ4n) is 1.85. The van der Waals surface area contributed by atoms with Gasteiger partial charge in [-0.3, -0.25) is 5.26 Å². The van der Waals surface area contributed by atoms with E-state index in [1.807, 2.05) is 36.4 Å². The minimum atomic E-state index is -1.34. The van der Waals surface area contributed by atoms with E-state index in [1.54, 1.807) is 24.3 Å². The summed E-state index contributed by atoms with van der Waals surface area (Å²) >= 11 is 0. The Hall–Kier alpha value is -1.68. The lowest BCUT2D eigenvalue weighted by Gasteiger charge is -2.27. The third-order valence-electron chi connectivity index (χ3n) is 2.78. The first-order chi connectivity index (χ1) is 8.27. The van der Waals surface area contributed by atoms with E-state index in [0.717, 1.165) is 0 Å². The maximum atomic E-state index is 10.7. The van der Waals surface area contributed by atoms with Crippen LogP contribution in [-0.4, -0.2) is 17.0 Å². The molecule has 2 N–H and O–H groups in total. The molecular weight excluding hydrogens is 216 g/mol. The molecule has 0 heterocycles. The van der Waals surface area contributed by atoms with Crippen molar-refractivity contribution in [2.75, 3.05) is 6.61 Å². The summed E-state index contributed by atoms with van der Waals surface area (Å²) in [5.41, 5.74) is 0.0255. The van der Waals surface area contributed by atoms with Gasteiger partial charge in [0, 0.05) is 0 Å². The second-order valence-corrected chi connectivity index (χ2v) is 3.87. The van der Waals surface area contributed by atoms with Crippen LogP contribution in [-0.2, 0) is 10.5 Å². The van der Waals surface area contributed by atoms with E-state index in [1.165, 1.54) is 0 Å². The van der Waals surface area contributed by atoms with Gasteiger partial charge in [-0.15, -0.1) is 0 Å². The monoisotopic (exact) mass is 230 g/mol. The van der Waals surface area contributed by atoms with E-state index in [-0.39, 0.29) is 6.61 Å². The van der Waals surface area contributed by atoms with E-state index in [0.29, 0.717) is 11.1 Å². The van der Waals surface area contributed by atoms with Gasteiger partial charge in [-0.05, 0) is 11.1 Å². The molecule has 3 heteroatoms. The first-order valence-electron chi connectivity index (χ1n) is 5.37. The van der Waals surface area contributed by atoms with Crippen LogP contribution in [0, 0.1) is 0 Å². The third-order valence-corrected chi connectivity index (χ3v) is 2.78. The summed E-state index contributed by atoms with van der Waals surface area (Å²) < 4.78 is 0. The molecule has 0 saturated carbocycles. The smallest absolute Gasteiger partial charge is 0.141 e. The Labute approximate surface area is 99.8 Å². The summed E-state index contributed by atoms with van der Waals surface area (Å²) in [5.74, 6) is 0. The molecule has 3 nitrogen and oxygen atoms in total. The summed E-state index contributed by atoms with van der Waals surface area (Å²) in [7, 11) is 0. The molecule has 0 aromatic heterocycles. The maximum absolute atomic E-state index is 10.7. The zero-order valence-electron chi connectivity index (χ0n) is 9.28. The van der Waals surface area contributed by atoms with Gasteiger partial charge in [0.25, 0.3) is 0 Å². The van der Waals surface area contributed by atoms with E-state index >= 15 is 0 Å². The van der Waals surface area contributed by atoms with Crippen molar-refractivity contribution >= 4 is 0 Å². The quantitative estimate of drug-likeness (QED) is 0.626. The molecule has 2 aromatic rings. The molecule has 0 bridgehead atoms. The molecule has 0 unspecified atom stereocenters. The SMILES string of the molecule is OOCC(O)(c1ccccc1)c1ccccc1. The minimum absolute atomic E-state index is 0.207. The molecule has 0 amide bonds. The van der Waals surface area contributed by atoms with Gasteiger partial charge in [0.2, 0.25) is 0 Å². The molecule has 0 atom stereocenters. The highest BCUT2D eigenvalue weighted by Gasteiger charge is 2.31. The minimum Gasteiger partial charge on any atom is -0.378 e. The van der Waals surface area contributed by atoms with Crippen LogP contribution in [0.2, 0.25) is 0 Å². The first-order valence-corrected chi connectivity index (χ1v) is 5.37. The normalized spacial score (nSPS) is 11.4. The summed E-state index contributed by atoms with van der Waals surface area (Å²) in [4.78, 5) is 4.17. The molecule has 0 aliphatic carbocycles. The number of rotatable bonds is 4. The number of hydrogen-bond acceptors (Lipinski definition) is 3. The van der Waals surface area contributed by atoms with Crippen LogP contribution in [0.25, 0.3) is 0 Å². The van der Waals surface area contributed by atoms with Crippen molar-refractivity contribution in [2.45, 2.75) is 5.60 Å². The molecule has 17 heavy (non-hydrogen) atoms. The highest BCUT2D eigenvalue weighted by Crippen LogP contribution is 2.29. The van der Waals surface area contributed by atoms with Crippen LogP contribution < -0.4 is 0 Å². The molecule has 0 aliphatic rings. The molecule has 0 saturated heterocycles. The Bertz CT molecular complexity index is 414. The molecule has 0 aliphatic heterocycles. The van der Waals surface area contributed by atoms with Crippen molar-refractivity contribution in [3.05, 3.63) is 71.8 Å². The highest BCUT2D eigenvalue weighted by molar-refractivity contribution is 5.35. The van der Waals surface area contributed by atoms with Crippen LogP contribution in [0.4, 0.5) is 0 Å². The van der Waals surface area contributed by atoms with Gasteiger partial charge in [0.05, 0.1) is 0 Å². The van der Waals surface area contributed by atoms with Crippen molar-refractivity contribution in [2.24, 2.45) is 0 Å². The van der Waals surface area contributed by atoms with Gasteiger partial charge < -0.3 is 5.11 Å². The largest absolute Gasteiger partial charge is 0.378 e. The van der Waals surface area contributed by atoms with E-state index in [2.05, 4.69) is 4.89 Å². The Kier molecular flexibility index (Phi) is 3.54. The summed E-state index contributed by atoms with van der Waals surface area (Å²) in [5, 5.41) is 19.3. The van der Waals surface area contributed by atoms with Crippen LogP contribution in [0.1, 0.15) is 11.1 Å². The van der Waals surface area contributed by atoms with E-state index in [4.69, 9.17) is 5.26 Å². The Morgan fingerprint density at radius 3 is 1.59 bits per heavy atom. The number of aliphatic hydroxyl groups is 1. The van der Waals surface area contributed by atoms with E-state index in [9.17, 15) is 5.11 Å². The van der Waals surface area contributed by atoms with Gasteiger partial charge >= 0.3 is 0 Å². The fraction of sp³-hybridized carbons (Fsp3) is 0.143. The molecule has 0 spiro atoms. The Morgan fingerprint density at radius 2 is 1.24 bits per heavy atom. The van der Waals surface area contributed by atoms with Crippen LogP contribution in [0.15, 0.2) is 60.7 Å². The topological polar surface area (TPSA) is 49.7 Å². The summed E-state index contributed by atoms with van der Waals surface area (Å²) in [6, 6.07) is 18.3. The van der Waals surface area contributed by atoms with Crippen LogP contribution in [0.5, 0.6) is 0 Å². The average molecular weight is 230 g/mol. The third kappa shape index (κ3) is 2.36. The first kappa shape index (κ1) is 11.8. The molecule has 0 radical (unpaired) electrons. The fourth-order valence-corrected chi connectivity index (χ4v) is 1.85. The van der Waals surface area contributed by atoms with Crippen molar-refractivity contribution in [1.29, 1.82) is 0 Å². The van der Waals surface area contributed by atoms with Crippen molar-refractivity contribution in [3.63, 3.8) is 0 Å². The van der Waals surface area contributed by atoms with Gasteiger partial charge in [-0.2, -0.15) is 0 Å². The van der Waals surface area contributed by atoms with Crippen molar-refractivity contribution in [1.82, 2.24) is 0 Å². The predicted octanol–water partition coefficient (Wildman–Crippen LogP) is 2.41. The zero-order chi connectivity index (χ0) is 12.1. The lowest BCUT2D eigenvalue weighted by molar-refractivity contribution is -0.269. The lowest BCUT2D eigenvalue weighted by atomic mass is 9.87. The predicted molar refractivity (Wildman–Crippen MR) is 64.5 cm³/mol. The van der Waals surface area contributed by atoms with Gasteiger partial charge in [-0.1, -0.05) is 60.7 Å². The summed E-state index contributed by atoms with van der Waals surface area (Å²) in [6.07, 6.45) is 0. The van der Waals surface area contributed by atoms with Gasteiger partial charge in [0.1, 0.15) is 12.2 Å². The molecular formula is C14H14O3. The standard InChI is InChI=1S/C14H14O3/c15-14(11-17-16,12-7-3-1-4-8-12)13-9-5-2-6-10-13/h1-10,15-16H,11H2. The average Bonchev–Trinajstić information content (AvgIpc) is 2.41. The van der Waals surface area contributed by atoms with E-state index < -0.39 is 5.60 Å².